The lowest BCUT2D eigenvalue weighted by molar-refractivity contribution is -0.164. The van der Waals surface area contributed by atoms with Gasteiger partial charge < -0.3 is 21.1 Å². The number of fused-ring (bicyclic) bond motifs is 1. The molecule has 3 rings (SSSR count). The van der Waals surface area contributed by atoms with Crippen LogP contribution in [0.15, 0.2) is 55.8 Å². The van der Waals surface area contributed by atoms with Crippen LogP contribution in [-0.2, 0) is 16.0 Å². The number of piperidine rings is 1. The van der Waals surface area contributed by atoms with Crippen LogP contribution >= 0.6 is 0 Å². The fourth-order valence-corrected chi connectivity index (χ4v) is 5.80. The van der Waals surface area contributed by atoms with Crippen LogP contribution in [0.3, 0.4) is 0 Å². The second-order valence-corrected chi connectivity index (χ2v) is 10.2. The van der Waals surface area contributed by atoms with Gasteiger partial charge in [-0.3, -0.25) is 19.4 Å². The molecule has 5 unspecified atom stereocenters. The van der Waals surface area contributed by atoms with Gasteiger partial charge in [0.05, 0.1) is 17.9 Å². The topological polar surface area (TPSA) is 127 Å². The summed E-state index contributed by atoms with van der Waals surface area (Å²) in [6.07, 6.45) is 5.78. The van der Waals surface area contributed by atoms with Crippen LogP contribution in [0.25, 0.3) is 0 Å². The normalized spacial score (nSPS) is 26.9. The number of benzene rings is 1. The summed E-state index contributed by atoms with van der Waals surface area (Å²) in [6.45, 7) is 14.2. The summed E-state index contributed by atoms with van der Waals surface area (Å²) in [6, 6.07) is 4.12. The second-order valence-electron chi connectivity index (χ2n) is 10.2. The van der Waals surface area contributed by atoms with Crippen molar-refractivity contribution in [2.24, 2.45) is 17.6 Å². The molecule has 2 aliphatic rings. The molecule has 5 N–H and O–H groups in total. The first-order valence-electron chi connectivity index (χ1n) is 12.5. The lowest BCUT2D eigenvalue weighted by Gasteiger charge is -2.55. The van der Waals surface area contributed by atoms with Crippen molar-refractivity contribution in [2.75, 3.05) is 13.1 Å². The molecule has 0 aromatic heterocycles. The predicted octanol–water partition coefficient (Wildman–Crippen LogP) is 2.84. The maximum Gasteiger partial charge on any atom is 0.236 e. The molecule has 2 fully saturated rings. The molecule has 5 atom stereocenters. The van der Waals surface area contributed by atoms with E-state index in [2.05, 4.69) is 24.6 Å². The Morgan fingerprint density at radius 2 is 2.00 bits per heavy atom. The number of phenols is 2. The van der Waals surface area contributed by atoms with Crippen molar-refractivity contribution in [1.29, 1.82) is 0 Å². The van der Waals surface area contributed by atoms with Crippen LogP contribution in [-0.4, -0.2) is 67.7 Å². The minimum absolute atomic E-state index is 0.110. The van der Waals surface area contributed by atoms with E-state index in [4.69, 9.17) is 5.73 Å². The number of phenolic OH excluding ortho intramolecular Hbond substituents is 2. The molecule has 0 bridgehead atoms. The number of amides is 2. The zero-order chi connectivity index (χ0) is 26.6. The fourth-order valence-electron chi connectivity index (χ4n) is 5.80. The lowest BCUT2D eigenvalue weighted by atomic mass is 9.64. The first-order valence-corrected chi connectivity index (χ1v) is 12.5. The lowest BCUT2D eigenvalue weighted by Crippen LogP contribution is -2.65. The van der Waals surface area contributed by atoms with Crippen molar-refractivity contribution >= 4 is 11.8 Å². The molecule has 1 saturated carbocycles. The van der Waals surface area contributed by atoms with Crippen LogP contribution in [0, 0.1) is 11.8 Å². The number of rotatable bonds is 9. The molecule has 8 heteroatoms. The molecule has 1 aliphatic heterocycles. The summed E-state index contributed by atoms with van der Waals surface area (Å²) in [5.41, 5.74) is 5.64. The molecule has 36 heavy (non-hydrogen) atoms. The molecule has 1 aliphatic carbocycles. The maximum atomic E-state index is 13.2. The highest BCUT2D eigenvalue weighted by Crippen LogP contribution is 2.46. The molecule has 1 saturated heterocycles. The molecule has 0 spiro atoms. The maximum absolute atomic E-state index is 13.2. The number of hydrogen-bond acceptors (Lipinski definition) is 7. The summed E-state index contributed by atoms with van der Waals surface area (Å²) in [5.74, 6) is -1.73. The highest BCUT2D eigenvalue weighted by molar-refractivity contribution is 5.98. The van der Waals surface area contributed by atoms with Crippen molar-refractivity contribution < 1.29 is 24.9 Å². The molecular formula is C28H39N3O5. The Hall–Kier alpha value is -3.10. The Morgan fingerprint density at radius 3 is 2.61 bits per heavy atom. The summed E-state index contributed by atoms with van der Waals surface area (Å²) in [4.78, 5) is 29.8. The monoisotopic (exact) mass is 497 g/mol. The Labute approximate surface area is 213 Å². The van der Waals surface area contributed by atoms with E-state index in [0.717, 1.165) is 18.5 Å². The van der Waals surface area contributed by atoms with Crippen LogP contribution in [0.4, 0.5) is 0 Å². The van der Waals surface area contributed by atoms with E-state index in [1.807, 2.05) is 6.08 Å². The Balaban J connectivity index is 1.89. The van der Waals surface area contributed by atoms with E-state index in [9.17, 15) is 24.9 Å². The largest absolute Gasteiger partial charge is 0.504 e. The quantitative estimate of drug-likeness (QED) is 0.305. The van der Waals surface area contributed by atoms with Gasteiger partial charge in [0.2, 0.25) is 11.8 Å². The first kappa shape index (κ1) is 27.5. The number of nitrogens with zero attached hydrogens (tertiary/aromatic N) is 2. The van der Waals surface area contributed by atoms with Crippen molar-refractivity contribution in [2.45, 2.75) is 63.1 Å². The van der Waals surface area contributed by atoms with Gasteiger partial charge >= 0.3 is 0 Å². The van der Waals surface area contributed by atoms with Gasteiger partial charge in [-0.15, -0.1) is 13.2 Å². The van der Waals surface area contributed by atoms with E-state index < -0.39 is 11.5 Å². The molecule has 1 aromatic rings. The molecular weight excluding hydrogens is 458 g/mol. The van der Waals surface area contributed by atoms with Gasteiger partial charge in [0.25, 0.3) is 0 Å². The van der Waals surface area contributed by atoms with Gasteiger partial charge in [0, 0.05) is 24.3 Å². The zero-order valence-corrected chi connectivity index (χ0v) is 21.1. The van der Waals surface area contributed by atoms with Crippen molar-refractivity contribution in [3.8, 4) is 11.5 Å². The number of aliphatic hydroxyl groups is 1. The number of carbonyl (C=O) groups excluding carboxylic acids is 2. The van der Waals surface area contributed by atoms with Gasteiger partial charge in [0.15, 0.2) is 11.5 Å². The predicted molar refractivity (Wildman–Crippen MR) is 139 cm³/mol. The highest BCUT2D eigenvalue weighted by Gasteiger charge is 2.53. The zero-order valence-electron chi connectivity index (χ0n) is 21.1. The summed E-state index contributed by atoms with van der Waals surface area (Å²) in [5, 5.41) is 31.8. The molecule has 1 heterocycles. The van der Waals surface area contributed by atoms with E-state index in [0.29, 0.717) is 32.2 Å². The van der Waals surface area contributed by atoms with E-state index >= 15 is 0 Å². The summed E-state index contributed by atoms with van der Waals surface area (Å²) in [7, 11) is 0. The minimum Gasteiger partial charge on any atom is -0.504 e. The minimum atomic E-state index is -1.05. The average Bonchev–Trinajstić information content (AvgIpc) is 2.82. The number of carbonyl (C=O) groups is 2. The van der Waals surface area contributed by atoms with Gasteiger partial charge in [-0.1, -0.05) is 31.7 Å². The van der Waals surface area contributed by atoms with Crippen LogP contribution < -0.4 is 5.73 Å². The van der Waals surface area contributed by atoms with E-state index in [1.54, 1.807) is 13.0 Å². The second kappa shape index (κ2) is 11.3. The number of aromatic hydroxyl groups is 2. The van der Waals surface area contributed by atoms with Crippen LogP contribution in [0.5, 0.6) is 11.5 Å². The van der Waals surface area contributed by atoms with Gasteiger partial charge in [0.1, 0.15) is 0 Å². The van der Waals surface area contributed by atoms with Crippen LogP contribution in [0.2, 0.25) is 0 Å². The van der Waals surface area contributed by atoms with E-state index in [1.165, 1.54) is 23.1 Å². The molecule has 196 valence electrons. The molecule has 8 nitrogen and oxygen atoms in total. The van der Waals surface area contributed by atoms with Gasteiger partial charge in [-0.25, -0.2) is 0 Å². The summed E-state index contributed by atoms with van der Waals surface area (Å²) < 4.78 is 0. The van der Waals surface area contributed by atoms with Crippen molar-refractivity contribution in [3.05, 3.63) is 61.3 Å². The third-order valence-electron chi connectivity index (χ3n) is 7.75. The third kappa shape index (κ3) is 5.65. The summed E-state index contributed by atoms with van der Waals surface area (Å²) >= 11 is 0. The first-order chi connectivity index (χ1) is 17.0. The smallest absolute Gasteiger partial charge is 0.236 e. The molecule has 0 radical (unpaired) electrons. The number of likely N-dealkylation sites (tertiary alicyclic amines) is 1. The molecule has 1 aromatic carbocycles. The highest BCUT2D eigenvalue weighted by atomic mass is 16.3. The standard InChI is InChI=1S/C28H39N3O5/c1-5-12-30-13-10-21-17-22(31(26(34)14-19(4)29)27(35)18(3)6-2)9-11-28(21,36)25(30)16-20-7-8-23(32)24(33)15-20/h5-8,15,18,21-22,25,32-33,36H,1-2,4,9-14,16-17,29H2,3H3. The number of hydrogen-bond donors (Lipinski definition) is 4. The van der Waals surface area contributed by atoms with Crippen molar-refractivity contribution in [3.63, 3.8) is 0 Å². The number of nitrogens with two attached hydrogens (primary N) is 1. The van der Waals surface area contributed by atoms with Crippen molar-refractivity contribution in [1.82, 2.24) is 9.80 Å². The van der Waals surface area contributed by atoms with Gasteiger partial charge in [-0.2, -0.15) is 0 Å². The SMILES string of the molecule is C=CCN1CCC2CC(N(C(=O)CC(=C)N)C(=O)C(C)C=C)CCC2(O)C1Cc1ccc(O)c(O)c1. The average molecular weight is 498 g/mol. The Bertz CT molecular complexity index is 1020. The Kier molecular flexibility index (Phi) is 8.63. The van der Waals surface area contributed by atoms with Crippen LogP contribution in [0.1, 0.15) is 44.6 Å². The third-order valence-corrected chi connectivity index (χ3v) is 7.75. The fraction of sp³-hybridized carbons (Fsp3) is 0.500. The van der Waals surface area contributed by atoms with E-state index in [-0.39, 0.29) is 53.4 Å². The molecule has 2 amide bonds. The number of imide groups is 1. The Morgan fingerprint density at radius 1 is 1.28 bits per heavy atom. The van der Waals surface area contributed by atoms with Gasteiger partial charge in [-0.05, 0) is 62.3 Å².